The summed E-state index contributed by atoms with van der Waals surface area (Å²) in [5, 5.41) is 5.63. The second kappa shape index (κ2) is 9.40. The van der Waals surface area contributed by atoms with Gasteiger partial charge in [-0.05, 0) is 35.1 Å². The van der Waals surface area contributed by atoms with E-state index in [1.54, 1.807) is 6.20 Å². The SMILES string of the molecule is CC(C)c1ccc(N2CC(CS(C)(=O)=O)C2)c2cnc(Nc3ccnc(N4C[C@H]5COC[C@H]5C4)n3)cc12. The van der Waals surface area contributed by atoms with Crippen LogP contribution in [0.5, 0.6) is 0 Å². The molecule has 3 aliphatic rings. The minimum absolute atomic E-state index is 0.179. The Morgan fingerprint density at radius 3 is 2.46 bits per heavy atom. The quantitative estimate of drug-likeness (QED) is 0.500. The van der Waals surface area contributed by atoms with Gasteiger partial charge in [-0.1, -0.05) is 19.9 Å². The minimum Gasteiger partial charge on any atom is -0.381 e. The average molecular weight is 523 g/mol. The molecule has 1 aromatic carbocycles. The summed E-state index contributed by atoms with van der Waals surface area (Å²) >= 11 is 0. The lowest BCUT2D eigenvalue weighted by Gasteiger charge is -2.41. The van der Waals surface area contributed by atoms with Crippen LogP contribution in [0.25, 0.3) is 10.8 Å². The highest BCUT2D eigenvalue weighted by atomic mass is 32.2. The Morgan fingerprint density at radius 2 is 1.76 bits per heavy atom. The van der Waals surface area contributed by atoms with Crippen molar-refractivity contribution in [2.45, 2.75) is 19.8 Å². The number of fused-ring (bicyclic) bond motifs is 2. The number of nitrogens with zero attached hydrogens (tertiary/aromatic N) is 5. The first kappa shape index (κ1) is 24.4. The third-order valence-electron chi connectivity index (χ3n) is 7.79. The topological polar surface area (TPSA) is 101 Å². The third-order valence-corrected chi connectivity index (χ3v) is 8.87. The summed E-state index contributed by atoms with van der Waals surface area (Å²) < 4.78 is 29.0. The summed E-state index contributed by atoms with van der Waals surface area (Å²) in [4.78, 5) is 18.5. The summed E-state index contributed by atoms with van der Waals surface area (Å²) in [6.45, 7) is 9.41. The molecule has 9 nitrogen and oxygen atoms in total. The van der Waals surface area contributed by atoms with E-state index < -0.39 is 9.84 Å². The molecule has 0 unspecified atom stereocenters. The summed E-state index contributed by atoms with van der Waals surface area (Å²) in [6.07, 6.45) is 5.03. The third kappa shape index (κ3) is 4.96. The van der Waals surface area contributed by atoms with Crippen LogP contribution in [-0.2, 0) is 14.6 Å². The summed E-state index contributed by atoms with van der Waals surface area (Å²) in [5.41, 5.74) is 2.36. The molecule has 0 saturated carbocycles. The maximum absolute atomic E-state index is 11.7. The lowest BCUT2D eigenvalue weighted by Crippen LogP contribution is -2.49. The molecule has 0 amide bonds. The fourth-order valence-corrected chi connectivity index (χ4v) is 7.01. The Bertz CT molecular complexity index is 1410. The molecule has 3 saturated heterocycles. The number of benzene rings is 1. The van der Waals surface area contributed by atoms with Crippen LogP contribution in [-0.4, -0.2) is 74.8 Å². The molecular weight excluding hydrogens is 488 g/mol. The number of ether oxygens (including phenoxy) is 1. The van der Waals surface area contributed by atoms with Crippen LogP contribution in [0.2, 0.25) is 0 Å². The normalized spacial score (nSPS) is 22.1. The van der Waals surface area contributed by atoms with Crippen LogP contribution < -0.4 is 15.1 Å². The molecule has 3 fully saturated rings. The summed E-state index contributed by atoms with van der Waals surface area (Å²) in [7, 11) is -2.96. The molecule has 2 aromatic heterocycles. The predicted octanol–water partition coefficient (Wildman–Crippen LogP) is 3.46. The van der Waals surface area contributed by atoms with E-state index in [1.165, 1.54) is 11.8 Å². The number of nitrogens with one attached hydrogen (secondary N) is 1. The number of sulfone groups is 1. The van der Waals surface area contributed by atoms with Gasteiger partial charge in [-0.25, -0.2) is 18.4 Å². The minimum atomic E-state index is -2.96. The van der Waals surface area contributed by atoms with E-state index in [0.717, 1.165) is 73.4 Å². The van der Waals surface area contributed by atoms with Crippen LogP contribution in [0, 0.1) is 17.8 Å². The standard InChI is InChI=1S/C27H34N6O3S/c1-17(2)21-4-5-24(32-10-18(11-32)16-37(3,34)35)23-9-29-26(8-22(21)23)30-25-6-7-28-27(31-25)33-12-19-14-36-15-20(19)13-33/h4-9,17-20H,10-16H2,1-3H3,(H,28,29,30,31)/t19-,20+. The number of anilines is 4. The Morgan fingerprint density at radius 1 is 1.00 bits per heavy atom. The lowest BCUT2D eigenvalue weighted by atomic mass is 9.93. The fourth-order valence-electron chi connectivity index (χ4n) is 5.95. The first-order chi connectivity index (χ1) is 17.7. The largest absolute Gasteiger partial charge is 0.381 e. The van der Waals surface area contributed by atoms with Gasteiger partial charge in [0.25, 0.3) is 0 Å². The van der Waals surface area contributed by atoms with Crippen LogP contribution in [0.15, 0.2) is 36.7 Å². The van der Waals surface area contributed by atoms with Crippen LogP contribution in [0.4, 0.5) is 23.3 Å². The first-order valence-corrected chi connectivity index (χ1v) is 15.1. The van der Waals surface area contributed by atoms with E-state index in [1.807, 2.05) is 12.3 Å². The highest BCUT2D eigenvalue weighted by Crippen LogP contribution is 2.37. The van der Waals surface area contributed by atoms with Gasteiger partial charge in [0, 0.05) is 73.7 Å². The van der Waals surface area contributed by atoms with Crippen molar-refractivity contribution in [3.05, 3.63) is 42.2 Å². The van der Waals surface area contributed by atoms with Crippen molar-refractivity contribution in [2.75, 3.05) is 66.5 Å². The molecule has 10 heteroatoms. The number of pyridine rings is 1. The highest BCUT2D eigenvalue weighted by molar-refractivity contribution is 7.90. The second-order valence-corrected chi connectivity index (χ2v) is 13.3. The molecule has 0 bridgehead atoms. The van der Waals surface area contributed by atoms with Crippen molar-refractivity contribution in [1.29, 1.82) is 0 Å². The highest BCUT2D eigenvalue weighted by Gasteiger charge is 2.38. The van der Waals surface area contributed by atoms with Gasteiger partial charge >= 0.3 is 0 Å². The van der Waals surface area contributed by atoms with Crippen molar-refractivity contribution < 1.29 is 13.2 Å². The van der Waals surface area contributed by atoms with Crippen molar-refractivity contribution >= 4 is 43.9 Å². The zero-order chi connectivity index (χ0) is 25.7. The molecule has 37 heavy (non-hydrogen) atoms. The zero-order valence-electron chi connectivity index (χ0n) is 21.6. The van der Waals surface area contributed by atoms with E-state index >= 15 is 0 Å². The zero-order valence-corrected chi connectivity index (χ0v) is 22.4. The van der Waals surface area contributed by atoms with E-state index in [9.17, 15) is 8.42 Å². The number of hydrogen-bond donors (Lipinski definition) is 1. The smallest absolute Gasteiger partial charge is 0.227 e. The predicted molar refractivity (Wildman–Crippen MR) is 147 cm³/mol. The Labute approximate surface area is 218 Å². The van der Waals surface area contributed by atoms with Crippen molar-refractivity contribution in [1.82, 2.24) is 15.0 Å². The molecule has 2 atom stereocenters. The number of rotatable bonds is 7. The maximum Gasteiger partial charge on any atom is 0.227 e. The number of hydrogen-bond acceptors (Lipinski definition) is 9. The molecule has 1 N–H and O–H groups in total. The molecule has 6 rings (SSSR count). The Balaban J connectivity index is 1.24. The summed E-state index contributed by atoms with van der Waals surface area (Å²) in [6, 6.07) is 8.31. The van der Waals surface area contributed by atoms with Gasteiger partial charge in [-0.2, -0.15) is 4.98 Å². The van der Waals surface area contributed by atoms with E-state index in [0.29, 0.717) is 17.8 Å². The van der Waals surface area contributed by atoms with Crippen LogP contribution in [0.1, 0.15) is 25.3 Å². The first-order valence-electron chi connectivity index (χ1n) is 13.0. The monoisotopic (exact) mass is 522 g/mol. The van der Waals surface area contributed by atoms with Gasteiger partial charge in [0.1, 0.15) is 21.5 Å². The lowest BCUT2D eigenvalue weighted by molar-refractivity contribution is 0.177. The molecule has 5 heterocycles. The van der Waals surface area contributed by atoms with Crippen molar-refractivity contribution in [3.63, 3.8) is 0 Å². The second-order valence-electron chi connectivity index (χ2n) is 11.1. The molecular formula is C27H34N6O3S. The summed E-state index contributed by atoms with van der Waals surface area (Å²) in [5.74, 6) is 4.11. The van der Waals surface area contributed by atoms with Crippen LogP contribution >= 0.6 is 0 Å². The van der Waals surface area contributed by atoms with E-state index in [-0.39, 0.29) is 11.7 Å². The fraction of sp³-hybridized carbons (Fsp3) is 0.519. The molecule has 0 radical (unpaired) electrons. The Hall–Kier alpha value is -2.98. The van der Waals surface area contributed by atoms with Gasteiger partial charge in [-0.15, -0.1) is 0 Å². The molecule has 3 aliphatic heterocycles. The molecule has 3 aromatic rings. The van der Waals surface area contributed by atoms with Gasteiger partial charge < -0.3 is 19.9 Å². The van der Waals surface area contributed by atoms with Gasteiger partial charge in [0.05, 0.1) is 19.0 Å². The molecule has 196 valence electrons. The van der Waals surface area contributed by atoms with Crippen LogP contribution in [0.3, 0.4) is 0 Å². The van der Waals surface area contributed by atoms with E-state index in [2.05, 4.69) is 52.1 Å². The molecule has 0 aliphatic carbocycles. The van der Waals surface area contributed by atoms with Gasteiger partial charge in [0.2, 0.25) is 5.95 Å². The molecule has 0 spiro atoms. The average Bonchev–Trinajstić information content (AvgIpc) is 3.43. The maximum atomic E-state index is 11.7. The Kier molecular flexibility index (Phi) is 6.19. The van der Waals surface area contributed by atoms with Gasteiger partial charge in [-0.3, -0.25) is 0 Å². The van der Waals surface area contributed by atoms with Crippen molar-refractivity contribution in [2.24, 2.45) is 17.8 Å². The van der Waals surface area contributed by atoms with E-state index in [4.69, 9.17) is 14.7 Å². The van der Waals surface area contributed by atoms with Gasteiger partial charge in [0.15, 0.2) is 0 Å². The number of aromatic nitrogens is 3. The van der Waals surface area contributed by atoms with Crippen molar-refractivity contribution in [3.8, 4) is 0 Å².